The van der Waals surface area contributed by atoms with E-state index in [1.165, 1.54) is 7.11 Å². The number of carbonyl (C=O) groups excluding carboxylic acids is 1. The van der Waals surface area contributed by atoms with Gasteiger partial charge in [-0.1, -0.05) is 13.3 Å². The summed E-state index contributed by atoms with van der Waals surface area (Å²) in [5.41, 5.74) is 5.55. The van der Waals surface area contributed by atoms with Crippen LogP contribution in [0.2, 0.25) is 0 Å². The molecule has 5 heteroatoms. The van der Waals surface area contributed by atoms with Crippen molar-refractivity contribution in [3.8, 4) is 0 Å². The van der Waals surface area contributed by atoms with Gasteiger partial charge in [-0.05, 0) is 6.42 Å². The second-order valence-corrected chi connectivity index (χ2v) is 4.32. The molecule has 0 aliphatic heterocycles. The molecule has 90 valence electrons. The Morgan fingerprint density at radius 2 is 2.20 bits per heavy atom. The van der Waals surface area contributed by atoms with Crippen LogP contribution < -0.4 is 5.73 Å². The van der Waals surface area contributed by atoms with Gasteiger partial charge in [-0.2, -0.15) is 11.8 Å². The lowest BCUT2D eigenvalue weighted by atomic mass is 10.4. The van der Waals surface area contributed by atoms with Gasteiger partial charge in [0.1, 0.15) is 6.04 Å². The molecule has 0 heterocycles. The molecule has 0 saturated carbocycles. The molecule has 0 aliphatic rings. The summed E-state index contributed by atoms with van der Waals surface area (Å²) in [6.07, 6.45) is 2.26. The van der Waals surface area contributed by atoms with E-state index in [0.29, 0.717) is 5.75 Å². The van der Waals surface area contributed by atoms with E-state index in [0.717, 1.165) is 31.8 Å². The van der Waals surface area contributed by atoms with Crippen LogP contribution in [0, 0.1) is 0 Å². The maximum Gasteiger partial charge on any atom is 0.323 e. The van der Waals surface area contributed by atoms with Crippen LogP contribution in [0.3, 0.4) is 0 Å². The molecular formula is C10H21NO3S. The highest BCUT2D eigenvalue weighted by molar-refractivity contribution is 7.99. The lowest BCUT2D eigenvalue weighted by Gasteiger charge is -2.08. The van der Waals surface area contributed by atoms with Crippen molar-refractivity contribution in [3.05, 3.63) is 0 Å². The van der Waals surface area contributed by atoms with Gasteiger partial charge in [0, 0.05) is 18.1 Å². The smallest absolute Gasteiger partial charge is 0.323 e. The standard InChI is InChI=1S/C10H21NO3S/c1-3-4-5-14-6-7-15-8-9(11)10(12)13-2/h9H,3-8,11H2,1-2H3. The first-order chi connectivity index (χ1) is 7.22. The molecule has 0 aromatic heterocycles. The SMILES string of the molecule is CCCCOCCSCC(N)C(=O)OC. The molecular weight excluding hydrogens is 214 g/mol. The number of methoxy groups -OCH3 is 1. The normalized spacial score (nSPS) is 12.5. The van der Waals surface area contributed by atoms with Gasteiger partial charge in [0.05, 0.1) is 13.7 Å². The van der Waals surface area contributed by atoms with Crippen LogP contribution in [0.1, 0.15) is 19.8 Å². The topological polar surface area (TPSA) is 61.5 Å². The zero-order valence-corrected chi connectivity index (χ0v) is 10.3. The van der Waals surface area contributed by atoms with E-state index in [1.807, 2.05) is 0 Å². The summed E-state index contributed by atoms with van der Waals surface area (Å²) in [6, 6.07) is -0.518. The molecule has 1 atom stereocenters. The third kappa shape index (κ3) is 8.72. The summed E-state index contributed by atoms with van der Waals surface area (Å²) in [6.45, 7) is 3.67. The molecule has 4 nitrogen and oxygen atoms in total. The fraction of sp³-hybridized carbons (Fsp3) is 0.900. The Hall–Kier alpha value is -0.260. The van der Waals surface area contributed by atoms with Crippen LogP contribution in [0.15, 0.2) is 0 Å². The van der Waals surface area contributed by atoms with Crippen LogP contribution in [0.4, 0.5) is 0 Å². The van der Waals surface area contributed by atoms with Gasteiger partial charge in [-0.15, -0.1) is 0 Å². The van der Waals surface area contributed by atoms with Crippen molar-refractivity contribution in [3.63, 3.8) is 0 Å². The van der Waals surface area contributed by atoms with E-state index in [9.17, 15) is 4.79 Å². The second kappa shape index (κ2) is 10.3. The summed E-state index contributed by atoms with van der Waals surface area (Å²) in [7, 11) is 1.35. The van der Waals surface area contributed by atoms with Crippen molar-refractivity contribution in [2.75, 3.05) is 31.8 Å². The molecule has 0 saturated heterocycles. The van der Waals surface area contributed by atoms with Crippen LogP contribution in [0.25, 0.3) is 0 Å². The molecule has 15 heavy (non-hydrogen) atoms. The summed E-state index contributed by atoms with van der Waals surface area (Å²) >= 11 is 1.61. The molecule has 0 rings (SSSR count). The monoisotopic (exact) mass is 235 g/mol. The predicted octanol–water partition coefficient (Wildman–Crippen LogP) is 1.04. The zero-order chi connectivity index (χ0) is 11.5. The van der Waals surface area contributed by atoms with Gasteiger partial charge in [-0.3, -0.25) is 4.79 Å². The van der Waals surface area contributed by atoms with Crippen molar-refractivity contribution in [1.29, 1.82) is 0 Å². The first-order valence-electron chi connectivity index (χ1n) is 5.21. The highest BCUT2D eigenvalue weighted by Gasteiger charge is 2.12. The number of esters is 1. The predicted molar refractivity (Wildman–Crippen MR) is 63.0 cm³/mol. The van der Waals surface area contributed by atoms with Crippen LogP contribution >= 0.6 is 11.8 Å². The van der Waals surface area contributed by atoms with E-state index < -0.39 is 6.04 Å². The number of carbonyl (C=O) groups is 1. The van der Waals surface area contributed by atoms with Crippen molar-refractivity contribution < 1.29 is 14.3 Å². The van der Waals surface area contributed by atoms with Crippen LogP contribution in [0.5, 0.6) is 0 Å². The number of ether oxygens (including phenoxy) is 2. The minimum atomic E-state index is -0.518. The summed E-state index contributed by atoms with van der Waals surface area (Å²) < 4.78 is 9.88. The summed E-state index contributed by atoms with van der Waals surface area (Å²) in [5, 5.41) is 0. The second-order valence-electron chi connectivity index (χ2n) is 3.17. The van der Waals surface area contributed by atoms with Gasteiger partial charge in [0.15, 0.2) is 0 Å². The number of unbranched alkanes of at least 4 members (excludes halogenated alkanes) is 1. The van der Waals surface area contributed by atoms with Gasteiger partial charge in [0.25, 0.3) is 0 Å². The molecule has 0 radical (unpaired) electrons. The summed E-state index contributed by atoms with van der Waals surface area (Å²) in [4.78, 5) is 10.9. The van der Waals surface area contributed by atoms with E-state index in [-0.39, 0.29) is 5.97 Å². The van der Waals surface area contributed by atoms with Crippen molar-refractivity contribution in [1.82, 2.24) is 0 Å². The van der Waals surface area contributed by atoms with Gasteiger partial charge in [-0.25, -0.2) is 0 Å². The average Bonchev–Trinajstić information content (AvgIpc) is 2.26. The molecule has 0 fully saturated rings. The fourth-order valence-corrected chi connectivity index (χ4v) is 1.69. The Balaban J connectivity index is 3.20. The number of hydrogen-bond donors (Lipinski definition) is 1. The Labute approximate surface area is 95.9 Å². The third-order valence-electron chi connectivity index (χ3n) is 1.82. The van der Waals surface area contributed by atoms with Gasteiger partial charge >= 0.3 is 5.97 Å². The highest BCUT2D eigenvalue weighted by atomic mass is 32.2. The first kappa shape index (κ1) is 14.7. The molecule has 0 aliphatic carbocycles. The maximum atomic E-state index is 10.9. The first-order valence-corrected chi connectivity index (χ1v) is 6.36. The van der Waals surface area contributed by atoms with E-state index in [1.54, 1.807) is 11.8 Å². The largest absolute Gasteiger partial charge is 0.468 e. The van der Waals surface area contributed by atoms with E-state index >= 15 is 0 Å². The number of rotatable bonds is 9. The van der Waals surface area contributed by atoms with Gasteiger partial charge < -0.3 is 15.2 Å². The molecule has 1 unspecified atom stereocenters. The maximum absolute atomic E-state index is 10.9. The van der Waals surface area contributed by atoms with Crippen molar-refractivity contribution >= 4 is 17.7 Å². The van der Waals surface area contributed by atoms with E-state index in [2.05, 4.69) is 11.7 Å². The lowest BCUT2D eigenvalue weighted by molar-refractivity contribution is -0.141. The summed E-state index contributed by atoms with van der Waals surface area (Å²) in [5.74, 6) is 1.10. The number of thioether (sulfide) groups is 1. The zero-order valence-electron chi connectivity index (χ0n) is 9.53. The van der Waals surface area contributed by atoms with Gasteiger partial charge in [0.2, 0.25) is 0 Å². The Bertz CT molecular complexity index is 167. The number of hydrogen-bond acceptors (Lipinski definition) is 5. The van der Waals surface area contributed by atoms with E-state index in [4.69, 9.17) is 10.5 Å². The Morgan fingerprint density at radius 1 is 1.47 bits per heavy atom. The Morgan fingerprint density at radius 3 is 2.80 bits per heavy atom. The van der Waals surface area contributed by atoms with Crippen LogP contribution in [-0.2, 0) is 14.3 Å². The van der Waals surface area contributed by atoms with Crippen molar-refractivity contribution in [2.45, 2.75) is 25.8 Å². The molecule has 0 aromatic carbocycles. The average molecular weight is 235 g/mol. The molecule has 0 bridgehead atoms. The molecule has 0 amide bonds. The van der Waals surface area contributed by atoms with Crippen molar-refractivity contribution in [2.24, 2.45) is 5.73 Å². The fourth-order valence-electron chi connectivity index (χ4n) is 0.896. The number of nitrogens with two attached hydrogens (primary N) is 1. The quantitative estimate of drug-likeness (QED) is 0.478. The lowest BCUT2D eigenvalue weighted by Crippen LogP contribution is -2.34. The minimum absolute atomic E-state index is 0.352. The third-order valence-corrected chi connectivity index (χ3v) is 2.87. The molecule has 0 spiro atoms. The Kier molecular flexibility index (Phi) is 10.1. The minimum Gasteiger partial charge on any atom is -0.468 e. The molecule has 2 N–H and O–H groups in total. The molecule has 0 aromatic rings. The highest BCUT2D eigenvalue weighted by Crippen LogP contribution is 2.02. The van der Waals surface area contributed by atoms with Crippen LogP contribution in [-0.4, -0.2) is 43.8 Å².